The lowest BCUT2D eigenvalue weighted by atomic mass is 9.95. The molecular formula is C18H16BrClN2O. The van der Waals surface area contributed by atoms with Crippen LogP contribution in [0, 0.1) is 0 Å². The summed E-state index contributed by atoms with van der Waals surface area (Å²) >= 11 is 9.67. The highest BCUT2D eigenvalue weighted by atomic mass is 79.9. The molecule has 0 aliphatic carbocycles. The van der Waals surface area contributed by atoms with Crippen molar-refractivity contribution in [1.29, 1.82) is 0 Å². The Bertz CT molecular complexity index is 801. The van der Waals surface area contributed by atoms with Crippen LogP contribution in [0.1, 0.15) is 37.4 Å². The van der Waals surface area contributed by atoms with Gasteiger partial charge in [-0.3, -0.25) is 0 Å². The summed E-state index contributed by atoms with van der Waals surface area (Å²) in [6.07, 6.45) is 0.849. The molecule has 0 saturated carbocycles. The smallest absolute Gasteiger partial charge is 0.192 e. The van der Waals surface area contributed by atoms with Gasteiger partial charge in [0.15, 0.2) is 5.72 Å². The van der Waals surface area contributed by atoms with Crippen LogP contribution in [-0.4, -0.2) is 16.4 Å². The SMILES string of the molecule is CC1(C)Oc2ccc(Cl)cc2[C@H]2CC(c3ccc(Br)cc3)=NN21. The Morgan fingerprint density at radius 3 is 2.70 bits per heavy atom. The second kappa shape index (κ2) is 5.25. The third kappa shape index (κ3) is 2.54. The van der Waals surface area contributed by atoms with Gasteiger partial charge in [0, 0.05) is 21.5 Å². The molecule has 2 aliphatic rings. The molecule has 2 aromatic carbocycles. The monoisotopic (exact) mass is 390 g/mol. The van der Waals surface area contributed by atoms with E-state index in [1.54, 1.807) is 0 Å². The molecule has 23 heavy (non-hydrogen) atoms. The first kappa shape index (κ1) is 15.0. The number of halogens is 2. The standard InChI is InChI=1S/C18H16BrClN2O/c1-18(2)22-16(14-9-13(20)7-8-17(14)23-18)10-15(21-22)11-3-5-12(19)6-4-11/h3-9,16H,10H2,1-2H3/t16-/m1/s1. The number of hydrogen-bond acceptors (Lipinski definition) is 3. The first-order valence-corrected chi connectivity index (χ1v) is 8.72. The van der Waals surface area contributed by atoms with Crippen molar-refractivity contribution in [1.82, 2.24) is 5.01 Å². The van der Waals surface area contributed by atoms with Crippen molar-refractivity contribution in [2.75, 3.05) is 0 Å². The molecule has 0 fully saturated rings. The summed E-state index contributed by atoms with van der Waals surface area (Å²) in [7, 11) is 0. The van der Waals surface area contributed by atoms with Crippen molar-refractivity contribution in [3.05, 3.63) is 63.1 Å². The first-order valence-electron chi connectivity index (χ1n) is 7.55. The third-order valence-corrected chi connectivity index (χ3v) is 5.09. The van der Waals surface area contributed by atoms with E-state index in [1.165, 1.54) is 0 Å². The summed E-state index contributed by atoms with van der Waals surface area (Å²) in [6.45, 7) is 4.09. The van der Waals surface area contributed by atoms with Gasteiger partial charge in [0.05, 0.1) is 11.8 Å². The average molecular weight is 392 g/mol. The quantitative estimate of drug-likeness (QED) is 0.652. The van der Waals surface area contributed by atoms with E-state index in [9.17, 15) is 0 Å². The predicted molar refractivity (Wildman–Crippen MR) is 96.0 cm³/mol. The molecule has 2 heterocycles. The molecule has 0 aromatic heterocycles. The zero-order valence-electron chi connectivity index (χ0n) is 12.9. The van der Waals surface area contributed by atoms with Crippen molar-refractivity contribution in [3.63, 3.8) is 0 Å². The molecule has 1 atom stereocenters. The zero-order chi connectivity index (χ0) is 16.2. The van der Waals surface area contributed by atoms with Crippen LogP contribution in [-0.2, 0) is 0 Å². The highest BCUT2D eigenvalue weighted by molar-refractivity contribution is 9.10. The van der Waals surface area contributed by atoms with Gasteiger partial charge in [-0.1, -0.05) is 39.7 Å². The number of fused-ring (bicyclic) bond motifs is 3. The molecule has 3 nitrogen and oxygen atoms in total. The van der Waals surface area contributed by atoms with Crippen LogP contribution in [0.3, 0.4) is 0 Å². The van der Waals surface area contributed by atoms with Crippen LogP contribution >= 0.6 is 27.5 Å². The van der Waals surface area contributed by atoms with Crippen molar-refractivity contribution in [2.24, 2.45) is 5.10 Å². The van der Waals surface area contributed by atoms with Gasteiger partial charge in [0.1, 0.15) is 5.75 Å². The summed E-state index contributed by atoms with van der Waals surface area (Å²) in [5.41, 5.74) is 2.84. The largest absolute Gasteiger partial charge is 0.467 e. The molecule has 0 radical (unpaired) electrons. The maximum atomic E-state index is 6.19. The molecule has 5 heteroatoms. The number of nitrogens with zero attached hydrogens (tertiary/aromatic N) is 2. The topological polar surface area (TPSA) is 24.8 Å². The fraction of sp³-hybridized carbons (Fsp3) is 0.278. The maximum Gasteiger partial charge on any atom is 0.192 e. The lowest BCUT2D eigenvalue weighted by molar-refractivity contribution is -0.0911. The summed E-state index contributed by atoms with van der Waals surface area (Å²) in [5, 5.41) is 7.64. The number of benzene rings is 2. The molecule has 0 unspecified atom stereocenters. The van der Waals surface area contributed by atoms with Crippen LogP contribution in [0.2, 0.25) is 5.02 Å². The summed E-state index contributed by atoms with van der Waals surface area (Å²) in [5.74, 6) is 0.896. The van der Waals surface area contributed by atoms with Crippen molar-refractivity contribution < 1.29 is 4.74 Å². The Balaban J connectivity index is 1.77. The predicted octanol–water partition coefficient (Wildman–Crippen LogP) is 5.38. The van der Waals surface area contributed by atoms with Gasteiger partial charge in [-0.2, -0.15) is 5.10 Å². The molecule has 2 aliphatic heterocycles. The van der Waals surface area contributed by atoms with Gasteiger partial charge in [0.2, 0.25) is 0 Å². The van der Waals surface area contributed by atoms with Crippen molar-refractivity contribution >= 4 is 33.2 Å². The molecule has 0 amide bonds. The van der Waals surface area contributed by atoms with Crippen molar-refractivity contribution in [2.45, 2.75) is 32.0 Å². The summed E-state index contributed by atoms with van der Waals surface area (Å²) in [6, 6.07) is 14.2. The first-order chi connectivity index (χ1) is 10.9. The van der Waals surface area contributed by atoms with Crippen LogP contribution in [0.15, 0.2) is 52.0 Å². The van der Waals surface area contributed by atoms with E-state index in [0.717, 1.165) is 38.5 Å². The van der Waals surface area contributed by atoms with Gasteiger partial charge >= 0.3 is 0 Å². The van der Waals surface area contributed by atoms with E-state index in [4.69, 9.17) is 21.4 Å². The Labute approximate surface area is 149 Å². The van der Waals surface area contributed by atoms with E-state index in [-0.39, 0.29) is 6.04 Å². The van der Waals surface area contributed by atoms with Gasteiger partial charge in [-0.05, 0) is 49.7 Å². The van der Waals surface area contributed by atoms with Crippen LogP contribution < -0.4 is 4.74 Å². The zero-order valence-corrected chi connectivity index (χ0v) is 15.2. The number of ether oxygens (including phenoxy) is 1. The Morgan fingerprint density at radius 1 is 1.22 bits per heavy atom. The molecule has 2 aromatic rings. The second-order valence-electron chi connectivity index (χ2n) is 6.35. The normalized spacial score (nSPS) is 21.3. The molecule has 0 N–H and O–H groups in total. The van der Waals surface area contributed by atoms with Gasteiger partial charge in [-0.15, -0.1) is 0 Å². The Morgan fingerprint density at radius 2 is 1.96 bits per heavy atom. The molecule has 0 saturated heterocycles. The minimum Gasteiger partial charge on any atom is -0.467 e. The number of rotatable bonds is 1. The molecule has 118 valence electrons. The lowest BCUT2D eigenvalue weighted by Gasteiger charge is -2.43. The van der Waals surface area contributed by atoms with Crippen LogP contribution in [0.25, 0.3) is 0 Å². The number of hydrogen-bond donors (Lipinski definition) is 0. The van der Waals surface area contributed by atoms with E-state index < -0.39 is 5.72 Å². The van der Waals surface area contributed by atoms with E-state index in [2.05, 4.69) is 33.1 Å². The molecule has 0 spiro atoms. The second-order valence-corrected chi connectivity index (χ2v) is 7.70. The molecule has 0 bridgehead atoms. The summed E-state index contributed by atoms with van der Waals surface area (Å²) < 4.78 is 7.21. The molecular weight excluding hydrogens is 376 g/mol. The Hall–Kier alpha value is -1.52. The average Bonchev–Trinajstić information content (AvgIpc) is 2.95. The minimum absolute atomic E-state index is 0.158. The van der Waals surface area contributed by atoms with Gasteiger partial charge < -0.3 is 4.74 Å². The minimum atomic E-state index is -0.484. The van der Waals surface area contributed by atoms with E-state index in [1.807, 2.05) is 44.2 Å². The fourth-order valence-electron chi connectivity index (χ4n) is 3.25. The highest BCUT2D eigenvalue weighted by Gasteiger charge is 2.44. The van der Waals surface area contributed by atoms with Crippen LogP contribution in [0.5, 0.6) is 5.75 Å². The van der Waals surface area contributed by atoms with E-state index in [0.29, 0.717) is 0 Å². The number of hydrazone groups is 1. The van der Waals surface area contributed by atoms with Crippen LogP contribution in [0.4, 0.5) is 0 Å². The maximum absolute atomic E-state index is 6.19. The van der Waals surface area contributed by atoms with Gasteiger partial charge in [0.25, 0.3) is 0 Å². The highest BCUT2D eigenvalue weighted by Crippen LogP contribution is 2.47. The van der Waals surface area contributed by atoms with Crippen molar-refractivity contribution in [3.8, 4) is 5.75 Å². The van der Waals surface area contributed by atoms with Gasteiger partial charge in [-0.25, -0.2) is 5.01 Å². The Kier molecular flexibility index (Phi) is 3.43. The lowest BCUT2D eigenvalue weighted by Crippen LogP contribution is -2.48. The van der Waals surface area contributed by atoms with E-state index >= 15 is 0 Å². The fourth-order valence-corrected chi connectivity index (χ4v) is 3.70. The molecule has 4 rings (SSSR count). The third-order valence-electron chi connectivity index (χ3n) is 4.33. The summed E-state index contributed by atoms with van der Waals surface area (Å²) in [4.78, 5) is 0.